The van der Waals surface area contributed by atoms with Crippen molar-refractivity contribution in [2.75, 3.05) is 19.6 Å². The third-order valence-corrected chi connectivity index (χ3v) is 2.08. The summed E-state index contributed by atoms with van der Waals surface area (Å²) in [6.07, 6.45) is 0.993. The minimum absolute atomic E-state index is 0.0911. The minimum Gasteiger partial charge on any atom is -0.352 e. The van der Waals surface area contributed by atoms with Crippen LogP contribution in [0.25, 0.3) is 0 Å². The SMILES string of the molecule is CCCNC(=O)C(C)=C1CNC1. The molecule has 3 nitrogen and oxygen atoms in total. The molecule has 1 heterocycles. The molecule has 3 heteroatoms. The molecule has 1 rings (SSSR count). The molecule has 1 fully saturated rings. The lowest BCUT2D eigenvalue weighted by molar-refractivity contribution is -0.117. The highest BCUT2D eigenvalue weighted by molar-refractivity contribution is 5.93. The predicted molar refractivity (Wildman–Crippen MR) is 48.9 cm³/mol. The van der Waals surface area contributed by atoms with Crippen LogP contribution < -0.4 is 10.6 Å². The lowest BCUT2D eigenvalue weighted by Crippen LogP contribution is -2.37. The maximum atomic E-state index is 11.3. The summed E-state index contributed by atoms with van der Waals surface area (Å²) in [5.41, 5.74) is 2.13. The van der Waals surface area contributed by atoms with Gasteiger partial charge in [-0.05, 0) is 18.9 Å². The first-order chi connectivity index (χ1) is 5.75. The monoisotopic (exact) mass is 168 g/mol. The molecular weight excluding hydrogens is 152 g/mol. The quantitative estimate of drug-likeness (QED) is 0.600. The van der Waals surface area contributed by atoms with E-state index in [0.29, 0.717) is 0 Å². The van der Waals surface area contributed by atoms with Crippen molar-refractivity contribution in [2.24, 2.45) is 0 Å². The van der Waals surface area contributed by atoms with Crippen LogP contribution in [0.15, 0.2) is 11.1 Å². The Balaban J connectivity index is 2.40. The van der Waals surface area contributed by atoms with E-state index < -0.39 is 0 Å². The smallest absolute Gasteiger partial charge is 0.246 e. The van der Waals surface area contributed by atoms with Crippen LogP contribution in [0.5, 0.6) is 0 Å². The summed E-state index contributed by atoms with van der Waals surface area (Å²) in [5, 5.41) is 5.97. The van der Waals surface area contributed by atoms with Crippen LogP contribution in [0.4, 0.5) is 0 Å². The number of nitrogens with one attached hydrogen (secondary N) is 2. The van der Waals surface area contributed by atoms with Gasteiger partial charge in [0, 0.05) is 25.2 Å². The van der Waals surface area contributed by atoms with Crippen LogP contribution in [0.3, 0.4) is 0 Å². The minimum atomic E-state index is 0.0911. The fourth-order valence-corrected chi connectivity index (χ4v) is 1.05. The van der Waals surface area contributed by atoms with E-state index in [1.165, 1.54) is 5.57 Å². The van der Waals surface area contributed by atoms with Gasteiger partial charge >= 0.3 is 0 Å². The number of rotatable bonds is 3. The average molecular weight is 168 g/mol. The van der Waals surface area contributed by atoms with Gasteiger partial charge in [-0.1, -0.05) is 6.92 Å². The second kappa shape index (κ2) is 4.26. The lowest BCUT2D eigenvalue weighted by atomic mass is 10.0. The van der Waals surface area contributed by atoms with Crippen molar-refractivity contribution in [3.63, 3.8) is 0 Å². The van der Waals surface area contributed by atoms with E-state index in [1.807, 2.05) is 13.8 Å². The Morgan fingerprint density at radius 1 is 1.58 bits per heavy atom. The lowest BCUT2D eigenvalue weighted by Gasteiger charge is -2.21. The Hall–Kier alpha value is -0.830. The molecule has 1 aliphatic rings. The number of amides is 1. The van der Waals surface area contributed by atoms with E-state index in [1.54, 1.807) is 0 Å². The van der Waals surface area contributed by atoms with Gasteiger partial charge in [0.05, 0.1) is 0 Å². The van der Waals surface area contributed by atoms with Crippen LogP contribution in [0.1, 0.15) is 20.3 Å². The Morgan fingerprint density at radius 3 is 2.67 bits per heavy atom. The molecule has 2 N–H and O–H groups in total. The molecule has 0 atom stereocenters. The Labute approximate surface area is 73.2 Å². The summed E-state index contributed by atoms with van der Waals surface area (Å²) >= 11 is 0. The zero-order valence-corrected chi connectivity index (χ0v) is 7.74. The van der Waals surface area contributed by atoms with Crippen molar-refractivity contribution in [1.82, 2.24) is 10.6 Å². The number of carbonyl (C=O) groups excluding carboxylic acids is 1. The largest absolute Gasteiger partial charge is 0.352 e. The molecule has 0 aliphatic carbocycles. The second-order valence-corrected chi connectivity index (χ2v) is 3.09. The summed E-state index contributed by atoms with van der Waals surface area (Å²) in [5.74, 6) is 0.0911. The summed E-state index contributed by atoms with van der Waals surface area (Å²) in [6.45, 7) is 6.47. The Morgan fingerprint density at radius 2 is 2.25 bits per heavy atom. The van der Waals surface area contributed by atoms with Gasteiger partial charge in [-0.3, -0.25) is 4.79 Å². The van der Waals surface area contributed by atoms with Crippen LogP contribution in [-0.4, -0.2) is 25.5 Å². The summed E-state index contributed by atoms with van der Waals surface area (Å²) in [4.78, 5) is 11.3. The van der Waals surface area contributed by atoms with Crippen molar-refractivity contribution in [3.8, 4) is 0 Å². The Bertz CT molecular complexity index is 203. The molecule has 68 valence electrons. The van der Waals surface area contributed by atoms with Crippen molar-refractivity contribution < 1.29 is 4.79 Å². The summed E-state index contributed by atoms with van der Waals surface area (Å²) < 4.78 is 0. The van der Waals surface area contributed by atoms with Gasteiger partial charge < -0.3 is 10.6 Å². The molecule has 1 saturated heterocycles. The van der Waals surface area contributed by atoms with E-state index in [-0.39, 0.29) is 5.91 Å². The molecule has 0 aromatic heterocycles. The van der Waals surface area contributed by atoms with Crippen LogP contribution >= 0.6 is 0 Å². The van der Waals surface area contributed by atoms with Gasteiger partial charge in [-0.2, -0.15) is 0 Å². The van der Waals surface area contributed by atoms with E-state index in [2.05, 4.69) is 10.6 Å². The topological polar surface area (TPSA) is 41.1 Å². The molecule has 0 bridgehead atoms. The Kier molecular flexibility index (Phi) is 3.29. The molecule has 0 saturated carbocycles. The highest BCUT2D eigenvalue weighted by Gasteiger charge is 2.14. The highest BCUT2D eigenvalue weighted by atomic mass is 16.1. The van der Waals surface area contributed by atoms with E-state index in [9.17, 15) is 4.79 Å². The van der Waals surface area contributed by atoms with Gasteiger partial charge in [0.1, 0.15) is 0 Å². The van der Waals surface area contributed by atoms with Crippen molar-refractivity contribution in [1.29, 1.82) is 0 Å². The number of carbonyl (C=O) groups is 1. The van der Waals surface area contributed by atoms with E-state index >= 15 is 0 Å². The molecule has 0 radical (unpaired) electrons. The summed E-state index contributed by atoms with van der Waals surface area (Å²) in [6, 6.07) is 0. The zero-order chi connectivity index (χ0) is 8.97. The number of hydrogen-bond acceptors (Lipinski definition) is 2. The van der Waals surface area contributed by atoms with Gasteiger partial charge in [-0.15, -0.1) is 0 Å². The normalized spacial score (nSPS) is 15.3. The first-order valence-electron chi connectivity index (χ1n) is 4.43. The maximum Gasteiger partial charge on any atom is 0.246 e. The molecule has 1 amide bonds. The predicted octanol–water partition coefficient (Wildman–Crippen LogP) is 0.432. The second-order valence-electron chi connectivity index (χ2n) is 3.09. The molecule has 12 heavy (non-hydrogen) atoms. The molecule has 0 spiro atoms. The number of hydrogen-bond donors (Lipinski definition) is 2. The third kappa shape index (κ3) is 2.08. The first kappa shape index (κ1) is 9.26. The highest BCUT2D eigenvalue weighted by Crippen LogP contribution is 2.08. The van der Waals surface area contributed by atoms with Crippen molar-refractivity contribution >= 4 is 5.91 Å². The fraction of sp³-hybridized carbons (Fsp3) is 0.667. The molecule has 0 aromatic rings. The van der Waals surface area contributed by atoms with E-state index in [0.717, 1.165) is 31.6 Å². The van der Waals surface area contributed by atoms with Crippen LogP contribution in [0.2, 0.25) is 0 Å². The standard InChI is InChI=1S/C9H16N2O/c1-3-4-11-9(12)7(2)8-5-10-6-8/h10H,3-6H2,1-2H3,(H,11,12). The van der Waals surface area contributed by atoms with Crippen molar-refractivity contribution in [3.05, 3.63) is 11.1 Å². The van der Waals surface area contributed by atoms with Gasteiger partial charge in [0.15, 0.2) is 0 Å². The third-order valence-electron chi connectivity index (χ3n) is 2.08. The maximum absolute atomic E-state index is 11.3. The molecule has 0 unspecified atom stereocenters. The van der Waals surface area contributed by atoms with Gasteiger partial charge in [0.25, 0.3) is 0 Å². The molecular formula is C9H16N2O. The first-order valence-corrected chi connectivity index (χ1v) is 4.43. The van der Waals surface area contributed by atoms with Crippen molar-refractivity contribution in [2.45, 2.75) is 20.3 Å². The fourth-order valence-electron chi connectivity index (χ4n) is 1.05. The summed E-state index contributed by atoms with van der Waals surface area (Å²) in [7, 11) is 0. The van der Waals surface area contributed by atoms with Crippen LogP contribution in [0, 0.1) is 0 Å². The molecule has 0 aromatic carbocycles. The molecule has 1 aliphatic heterocycles. The van der Waals surface area contributed by atoms with Gasteiger partial charge in [-0.25, -0.2) is 0 Å². The average Bonchev–Trinajstić information content (AvgIpc) is 1.96. The van der Waals surface area contributed by atoms with Crippen LogP contribution in [-0.2, 0) is 4.79 Å². The van der Waals surface area contributed by atoms with E-state index in [4.69, 9.17) is 0 Å². The van der Waals surface area contributed by atoms with Gasteiger partial charge in [0.2, 0.25) is 5.91 Å². The zero-order valence-electron chi connectivity index (χ0n) is 7.74.